The Morgan fingerprint density at radius 3 is 2.72 bits per heavy atom. The van der Waals surface area contributed by atoms with Crippen LogP contribution in [0.25, 0.3) is 22.2 Å². The lowest BCUT2D eigenvalue weighted by Gasteiger charge is -2.05. The highest BCUT2D eigenvalue weighted by Crippen LogP contribution is 2.30. The quantitative estimate of drug-likeness (QED) is 0.538. The SMILES string of the molecule is O=C(Nc1nc(-c2ccccc2Cl)cs1)c1ccnc2ccccc12. The molecule has 0 spiro atoms. The van der Waals surface area contributed by atoms with Crippen LogP contribution < -0.4 is 5.32 Å². The van der Waals surface area contributed by atoms with Crippen LogP contribution in [0.5, 0.6) is 0 Å². The number of pyridine rings is 1. The molecule has 122 valence electrons. The van der Waals surface area contributed by atoms with Gasteiger partial charge in [0.2, 0.25) is 0 Å². The smallest absolute Gasteiger partial charge is 0.258 e. The van der Waals surface area contributed by atoms with Crippen LogP contribution >= 0.6 is 22.9 Å². The molecule has 0 saturated carbocycles. The van der Waals surface area contributed by atoms with Gasteiger partial charge in [0.1, 0.15) is 0 Å². The van der Waals surface area contributed by atoms with Gasteiger partial charge in [-0.1, -0.05) is 48.0 Å². The first kappa shape index (κ1) is 15.7. The summed E-state index contributed by atoms with van der Waals surface area (Å²) in [4.78, 5) is 21.4. The van der Waals surface area contributed by atoms with E-state index in [2.05, 4.69) is 15.3 Å². The molecule has 2 aromatic carbocycles. The molecule has 2 aromatic heterocycles. The maximum atomic E-state index is 12.6. The van der Waals surface area contributed by atoms with Crippen molar-refractivity contribution >= 4 is 44.9 Å². The number of carbonyl (C=O) groups is 1. The third-order valence-electron chi connectivity index (χ3n) is 3.77. The topological polar surface area (TPSA) is 54.9 Å². The molecular weight excluding hydrogens is 354 g/mol. The third-order valence-corrected chi connectivity index (χ3v) is 4.86. The standard InChI is InChI=1S/C19H12ClN3OS/c20-15-7-3-1-6-14(15)17-11-25-19(22-17)23-18(24)13-9-10-21-16-8-4-2-5-12(13)16/h1-11H,(H,22,23,24). The molecule has 4 aromatic rings. The molecule has 25 heavy (non-hydrogen) atoms. The van der Waals surface area contributed by atoms with Crippen molar-refractivity contribution < 1.29 is 4.79 Å². The van der Waals surface area contributed by atoms with Crippen molar-refractivity contribution in [2.75, 3.05) is 5.32 Å². The predicted octanol–water partition coefficient (Wildman–Crippen LogP) is 5.26. The van der Waals surface area contributed by atoms with Gasteiger partial charge >= 0.3 is 0 Å². The van der Waals surface area contributed by atoms with E-state index in [4.69, 9.17) is 11.6 Å². The predicted molar refractivity (Wildman–Crippen MR) is 102 cm³/mol. The Balaban J connectivity index is 1.62. The van der Waals surface area contributed by atoms with Gasteiger partial charge in [0, 0.05) is 27.5 Å². The Labute approximate surface area is 153 Å². The van der Waals surface area contributed by atoms with E-state index in [0.29, 0.717) is 15.7 Å². The third kappa shape index (κ3) is 3.12. The van der Waals surface area contributed by atoms with Crippen molar-refractivity contribution in [1.29, 1.82) is 0 Å². The largest absolute Gasteiger partial charge is 0.298 e. The molecule has 0 saturated heterocycles. The lowest BCUT2D eigenvalue weighted by atomic mass is 10.1. The van der Waals surface area contributed by atoms with Crippen LogP contribution in [-0.4, -0.2) is 15.9 Å². The minimum Gasteiger partial charge on any atom is -0.298 e. The molecule has 0 aliphatic heterocycles. The molecule has 0 unspecified atom stereocenters. The van der Waals surface area contributed by atoms with E-state index in [-0.39, 0.29) is 5.91 Å². The number of nitrogens with one attached hydrogen (secondary N) is 1. The van der Waals surface area contributed by atoms with E-state index >= 15 is 0 Å². The highest BCUT2D eigenvalue weighted by molar-refractivity contribution is 7.14. The zero-order valence-corrected chi connectivity index (χ0v) is 14.5. The van der Waals surface area contributed by atoms with Gasteiger partial charge in [-0.3, -0.25) is 15.1 Å². The lowest BCUT2D eigenvalue weighted by Crippen LogP contribution is -2.12. The molecule has 2 heterocycles. The summed E-state index contributed by atoms with van der Waals surface area (Å²) in [5, 5.41) is 6.70. The lowest BCUT2D eigenvalue weighted by molar-refractivity contribution is 0.102. The number of anilines is 1. The van der Waals surface area contributed by atoms with E-state index in [9.17, 15) is 4.79 Å². The number of para-hydroxylation sites is 1. The minimum atomic E-state index is -0.210. The van der Waals surface area contributed by atoms with Crippen molar-refractivity contribution in [2.24, 2.45) is 0 Å². The number of carbonyl (C=O) groups excluding carboxylic acids is 1. The van der Waals surface area contributed by atoms with Gasteiger partial charge in [0.05, 0.1) is 16.8 Å². The molecular formula is C19H12ClN3OS. The first-order valence-electron chi connectivity index (χ1n) is 7.58. The summed E-state index contributed by atoms with van der Waals surface area (Å²) in [5.41, 5.74) is 2.94. The zero-order chi connectivity index (χ0) is 17.2. The van der Waals surface area contributed by atoms with Crippen molar-refractivity contribution in [1.82, 2.24) is 9.97 Å². The second kappa shape index (κ2) is 6.63. The highest BCUT2D eigenvalue weighted by atomic mass is 35.5. The molecule has 0 radical (unpaired) electrons. The average Bonchev–Trinajstić information content (AvgIpc) is 3.09. The van der Waals surface area contributed by atoms with Crippen LogP contribution in [-0.2, 0) is 0 Å². The van der Waals surface area contributed by atoms with Gasteiger partial charge in [0.15, 0.2) is 5.13 Å². The molecule has 0 aliphatic rings. The number of halogens is 1. The summed E-state index contributed by atoms with van der Waals surface area (Å²) < 4.78 is 0. The van der Waals surface area contributed by atoms with Crippen LogP contribution in [0.2, 0.25) is 5.02 Å². The molecule has 0 atom stereocenters. The second-order valence-corrected chi connectivity index (χ2v) is 6.61. The Hall–Kier alpha value is -2.76. The maximum Gasteiger partial charge on any atom is 0.258 e. The number of aromatic nitrogens is 2. The normalized spacial score (nSPS) is 10.8. The van der Waals surface area contributed by atoms with Crippen molar-refractivity contribution in [3.8, 4) is 11.3 Å². The second-order valence-electron chi connectivity index (χ2n) is 5.35. The molecule has 1 amide bonds. The number of benzene rings is 2. The number of thiazole rings is 1. The van der Waals surface area contributed by atoms with Gasteiger partial charge in [0.25, 0.3) is 5.91 Å². The van der Waals surface area contributed by atoms with Gasteiger partial charge in [-0.05, 0) is 18.2 Å². The number of hydrogen-bond donors (Lipinski definition) is 1. The molecule has 4 rings (SSSR count). The number of rotatable bonds is 3. The van der Waals surface area contributed by atoms with Crippen LogP contribution in [0.15, 0.2) is 66.2 Å². The summed E-state index contributed by atoms with van der Waals surface area (Å²) in [6.07, 6.45) is 1.63. The van der Waals surface area contributed by atoms with Crippen LogP contribution in [0.3, 0.4) is 0 Å². The molecule has 0 fully saturated rings. The van der Waals surface area contributed by atoms with Crippen LogP contribution in [0.1, 0.15) is 10.4 Å². The van der Waals surface area contributed by atoms with Crippen molar-refractivity contribution in [3.05, 3.63) is 76.8 Å². The Bertz CT molecular complexity index is 1070. The van der Waals surface area contributed by atoms with E-state index in [1.165, 1.54) is 11.3 Å². The fourth-order valence-electron chi connectivity index (χ4n) is 2.58. The first-order valence-corrected chi connectivity index (χ1v) is 8.83. The molecule has 4 nitrogen and oxygen atoms in total. The van der Waals surface area contributed by atoms with Gasteiger partial charge in [-0.25, -0.2) is 4.98 Å². The molecule has 1 N–H and O–H groups in total. The zero-order valence-electron chi connectivity index (χ0n) is 12.9. The minimum absolute atomic E-state index is 0.210. The summed E-state index contributed by atoms with van der Waals surface area (Å²) in [6.45, 7) is 0. The summed E-state index contributed by atoms with van der Waals surface area (Å²) in [5.74, 6) is -0.210. The Morgan fingerprint density at radius 1 is 1.04 bits per heavy atom. The summed E-state index contributed by atoms with van der Waals surface area (Å²) >= 11 is 7.57. The first-order chi connectivity index (χ1) is 12.2. The van der Waals surface area contributed by atoms with Gasteiger partial charge in [-0.15, -0.1) is 11.3 Å². The Kier molecular flexibility index (Phi) is 4.17. The molecule has 0 aliphatic carbocycles. The van der Waals surface area contributed by atoms with Gasteiger partial charge in [-0.2, -0.15) is 0 Å². The van der Waals surface area contributed by atoms with Crippen molar-refractivity contribution in [2.45, 2.75) is 0 Å². The van der Waals surface area contributed by atoms with Crippen LogP contribution in [0, 0.1) is 0 Å². The van der Waals surface area contributed by atoms with E-state index < -0.39 is 0 Å². The monoisotopic (exact) mass is 365 g/mol. The Morgan fingerprint density at radius 2 is 1.84 bits per heavy atom. The number of nitrogens with zero attached hydrogens (tertiary/aromatic N) is 2. The van der Waals surface area contributed by atoms with E-state index in [1.807, 2.05) is 53.9 Å². The molecule has 6 heteroatoms. The number of hydrogen-bond acceptors (Lipinski definition) is 4. The van der Waals surface area contributed by atoms with E-state index in [1.54, 1.807) is 12.3 Å². The molecule has 0 bridgehead atoms. The van der Waals surface area contributed by atoms with Crippen LogP contribution in [0.4, 0.5) is 5.13 Å². The van der Waals surface area contributed by atoms with E-state index in [0.717, 1.165) is 22.2 Å². The fraction of sp³-hybridized carbons (Fsp3) is 0. The number of amides is 1. The number of fused-ring (bicyclic) bond motifs is 1. The fourth-order valence-corrected chi connectivity index (χ4v) is 3.52. The maximum absolute atomic E-state index is 12.6. The van der Waals surface area contributed by atoms with Crippen molar-refractivity contribution in [3.63, 3.8) is 0 Å². The highest BCUT2D eigenvalue weighted by Gasteiger charge is 2.13. The summed E-state index contributed by atoms with van der Waals surface area (Å²) in [7, 11) is 0. The van der Waals surface area contributed by atoms with Gasteiger partial charge < -0.3 is 0 Å². The average molecular weight is 366 g/mol. The summed E-state index contributed by atoms with van der Waals surface area (Å²) in [6, 6.07) is 16.8.